The Morgan fingerprint density at radius 3 is 2.45 bits per heavy atom. The molecule has 1 saturated heterocycles. The first-order valence-corrected chi connectivity index (χ1v) is 14.1. The Morgan fingerprint density at radius 2 is 1.82 bits per heavy atom. The molecule has 4 aromatic heterocycles. The Morgan fingerprint density at radius 1 is 1.05 bits per heavy atom. The van der Waals surface area contributed by atoms with Crippen LogP contribution in [0.25, 0.3) is 28.0 Å². The quantitative estimate of drug-likeness (QED) is 0.330. The normalized spacial score (nSPS) is 15.8. The molecule has 5 heterocycles. The van der Waals surface area contributed by atoms with Crippen LogP contribution in [0, 0.1) is 0 Å². The van der Waals surface area contributed by atoms with Crippen LogP contribution >= 0.6 is 0 Å². The number of aromatic nitrogens is 5. The van der Waals surface area contributed by atoms with Crippen molar-refractivity contribution in [3.8, 4) is 22.8 Å². The molecule has 0 unspecified atom stereocenters. The lowest BCUT2D eigenvalue weighted by Crippen LogP contribution is -2.50. The smallest absolute Gasteiger partial charge is 0.211 e. The number of rotatable bonds is 8. The zero-order valence-corrected chi connectivity index (χ0v) is 22.8. The van der Waals surface area contributed by atoms with Crippen LogP contribution in [0.15, 0.2) is 49.1 Å². The van der Waals surface area contributed by atoms with Crippen LogP contribution in [-0.2, 0) is 24.3 Å². The Hall–Kier alpha value is -2.85. The minimum Gasteiger partial charge on any atom is -0.501 e. The highest BCUT2D eigenvalue weighted by Gasteiger charge is 2.30. The Labute approximate surface area is 229 Å². The molecule has 0 aliphatic carbocycles. The van der Waals surface area contributed by atoms with Gasteiger partial charge in [0.2, 0.25) is 5.88 Å². The van der Waals surface area contributed by atoms with Gasteiger partial charge >= 0.3 is 0 Å². The zero-order chi connectivity index (χ0) is 27.1. The van der Waals surface area contributed by atoms with Crippen molar-refractivity contribution in [2.75, 3.05) is 24.6 Å². The highest BCUT2D eigenvalue weighted by Crippen LogP contribution is 2.30. The summed E-state index contributed by atoms with van der Waals surface area (Å²) in [4.78, 5) is 11.8. The summed E-state index contributed by atoms with van der Waals surface area (Å²) in [7, 11) is 17.7. The predicted octanol–water partition coefficient (Wildman–Crippen LogP) is 2.09. The molecule has 0 aromatic carbocycles. The summed E-state index contributed by atoms with van der Waals surface area (Å²) < 4.78 is 20.9. The van der Waals surface area contributed by atoms with Crippen molar-refractivity contribution in [2.24, 2.45) is 7.05 Å². The molecule has 8 nitrogen and oxygen atoms in total. The lowest BCUT2D eigenvalue weighted by Gasteiger charge is -2.40. The molecule has 4 aromatic rings. The van der Waals surface area contributed by atoms with Crippen molar-refractivity contribution in [3.05, 3.63) is 54.6 Å². The first kappa shape index (κ1) is 26.7. The van der Waals surface area contributed by atoms with Crippen LogP contribution in [0.1, 0.15) is 25.8 Å². The molecular formula is C26H29B3N6O2S. The first-order valence-electron chi connectivity index (χ1n) is 12.6. The highest BCUT2D eigenvalue weighted by atomic mass is 32.2. The zero-order valence-electron chi connectivity index (χ0n) is 22.0. The van der Waals surface area contributed by atoms with E-state index in [-0.39, 0.29) is 11.4 Å². The van der Waals surface area contributed by atoms with E-state index in [9.17, 15) is 4.21 Å². The number of aryl methyl sites for hydroxylation is 2. The number of pyridine rings is 2. The minimum absolute atomic E-state index is 0.00434. The van der Waals surface area contributed by atoms with Crippen LogP contribution < -0.4 is 4.74 Å². The van der Waals surface area contributed by atoms with E-state index >= 15 is 0 Å². The second-order valence-electron chi connectivity index (χ2n) is 10.5. The van der Waals surface area contributed by atoms with Gasteiger partial charge in [-0.25, -0.2) is 9.97 Å². The third-order valence-corrected chi connectivity index (χ3v) is 8.33. The van der Waals surface area contributed by atoms with Crippen molar-refractivity contribution in [1.29, 1.82) is 0 Å². The van der Waals surface area contributed by atoms with Crippen LogP contribution in [0.2, 0.25) is 0 Å². The van der Waals surface area contributed by atoms with Gasteiger partial charge in [0.1, 0.15) is 29.2 Å². The van der Waals surface area contributed by atoms with Crippen molar-refractivity contribution in [3.63, 3.8) is 0 Å². The number of nitrogens with zero attached hydrogens (tertiary/aromatic N) is 6. The highest BCUT2D eigenvalue weighted by molar-refractivity contribution is 7.85. The van der Waals surface area contributed by atoms with Crippen molar-refractivity contribution >= 4 is 45.4 Å². The number of hydrogen-bond acceptors (Lipinski definition) is 6. The summed E-state index contributed by atoms with van der Waals surface area (Å²) in [6.45, 7) is 6.32. The summed E-state index contributed by atoms with van der Waals surface area (Å²) in [5.41, 5.74) is 4.61. The lowest BCUT2D eigenvalue weighted by atomic mass is 9.52. The van der Waals surface area contributed by atoms with E-state index in [1.165, 1.54) is 5.56 Å². The fraction of sp³-hybridized carbons (Fsp3) is 0.423. The third-order valence-electron chi connectivity index (χ3n) is 7.06. The summed E-state index contributed by atoms with van der Waals surface area (Å²) in [6, 6.07) is 7.62. The SMILES string of the molecule is [B]C([B])([B])Oc1ccc(-c2ccc3c(CCC(C)(C)N4CCS(=O)CC4)cn(-c4cnn(C)c4)c3n2)cn1. The molecule has 0 saturated carbocycles. The Kier molecular flexibility index (Phi) is 7.30. The molecule has 190 valence electrons. The van der Waals surface area contributed by atoms with E-state index in [0.29, 0.717) is 0 Å². The largest absolute Gasteiger partial charge is 0.501 e. The maximum Gasteiger partial charge on any atom is 0.211 e. The number of hydrogen-bond donors (Lipinski definition) is 0. The van der Waals surface area contributed by atoms with E-state index in [2.05, 4.69) is 45.7 Å². The summed E-state index contributed by atoms with van der Waals surface area (Å²) in [5.74, 6) is 1.74. The van der Waals surface area contributed by atoms with Crippen LogP contribution in [-0.4, -0.2) is 92.4 Å². The first-order chi connectivity index (χ1) is 18.0. The molecule has 0 atom stereocenters. The van der Waals surface area contributed by atoms with E-state index in [4.69, 9.17) is 33.3 Å². The molecule has 0 bridgehead atoms. The van der Waals surface area contributed by atoms with Gasteiger partial charge in [-0.3, -0.25) is 18.4 Å². The van der Waals surface area contributed by atoms with Gasteiger partial charge < -0.3 is 4.74 Å². The molecule has 1 aliphatic rings. The van der Waals surface area contributed by atoms with E-state index in [1.807, 2.05) is 31.6 Å². The monoisotopic (exact) mass is 522 g/mol. The molecule has 5 rings (SSSR count). The lowest BCUT2D eigenvalue weighted by molar-refractivity contribution is 0.124. The van der Waals surface area contributed by atoms with E-state index in [0.717, 1.165) is 65.4 Å². The molecule has 12 heteroatoms. The molecule has 1 fully saturated rings. The van der Waals surface area contributed by atoms with Crippen LogP contribution in [0.3, 0.4) is 0 Å². The Bertz CT molecular complexity index is 1450. The van der Waals surface area contributed by atoms with Crippen LogP contribution in [0.5, 0.6) is 5.88 Å². The summed E-state index contributed by atoms with van der Waals surface area (Å²) in [6.07, 6.45) is 9.50. The molecule has 0 N–H and O–H groups in total. The van der Waals surface area contributed by atoms with E-state index in [1.54, 1.807) is 16.9 Å². The summed E-state index contributed by atoms with van der Waals surface area (Å²) in [5, 5.41) is 3.66. The van der Waals surface area contributed by atoms with Gasteiger partial charge in [0.15, 0.2) is 0 Å². The van der Waals surface area contributed by atoms with Crippen molar-refractivity contribution < 1.29 is 8.95 Å². The van der Waals surface area contributed by atoms with Gasteiger partial charge in [-0.2, -0.15) is 5.10 Å². The third kappa shape index (κ3) is 5.91. The number of fused-ring (bicyclic) bond motifs is 1. The van der Waals surface area contributed by atoms with Crippen molar-refractivity contribution in [2.45, 2.75) is 37.5 Å². The van der Waals surface area contributed by atoms with Gasteiger partial charge in [-0.05, 0) is 55.8 Å². The Balaban J connectivity index is 1.46. The fourth-order valence-corrected chi connectivity index (χ4v) is 5.93. The van der Waals surface area contributed by atoms with Crippen LogP contribution in [0.4, 0.5) is 0 Å². The second-order valence-corrected chi connectivity index (χ2v) is 12.1. The second kappa shape index (κ2) is 10.4. The van der Waals surface area contributed by atoms with Gasteiger partial charge in [0, 0.05) is 83.6 Å². The topological polar surface area (TPSA) is 78.1 Å². The van der Waals surface area contributed by atoms with Gasteiger partial charge in [0.25, 0.3) is 0 Å². The average Bonchev–Trinajstić information content (AvgIpc) is 3.45. The fourth-order valence-electron chi connectivity index (χ4n) is 4.87. The number of ether oxygens (including phenoxy) is 1. The molecule has 0 amide bonds. The van der Waals surface area contributed by atoms with Gasteiger partial charge in [-0.1, -0.05) is 0 Å². The minimum atomic E-state index is -1.80. The molecule has 38 heavy (non-hydrogen) atoms. The van der Waals surface area contributed by atoms with Gasteiger partial charge in [-0.15, -0.1) is 0 Å². The van der Waals surface area contributed by atoms with Crippen molar-refractivity contribution in [1.82, 2.24) is 29.2 Å². The predicted molar refractivity (Wildman–Crippen MR) is 154 cm³/mol. The standard InChI is InChI=1S/C26H29B3N6O2S/c1-25(2,34-10-12-38(36)13-11-34)9-8-19-16-35(20-15-31-33(3)17-20)24-21(19)5-6-22(32-24)18-4-7-23(30-14-18)37-26(27,28)29/h4-7,14-17H,8-13H2,1-3H3. The average molecular weight is 522 g/mol. The molecule has 1 aliphatic heterocycles. The van der Waals surface area contributed by atoms with Gasteiger partial charge in [0.05, 0.1) is 17.6 Å². The van der Waals surface area contributed by atoms with E-state index < -0.39 is 16.1 Å². The molecule has 0 spiro atoms. The maximum absolute atomic E-state index is 11.8. The molecule has 6 radical (unpaired) electrons. The molecular weight excluding hydrogens is 493 g/mol. The summed E-state index contributed by atoms with van der Waals surface area (Å²) >= 11 is 0. The maximum atomic E-state index is 11.8.